The lowest BCUT2D eigenvalue weighted by atomic mass is 9.84. The molecule has 3 aliphatic rings. The fourth-order valence-electron chi connectivity index (χ4n) is 5.42. The van der Waals surface area contributed by atoms with E-state index in [0.29, 0.717) is 25.5 Å². The van der Waals surface area contributed by atoms with Gasteiger partial charge < -0.3 is 10.2 Å². The summed E-state index contributed by atoms with van der Waals surface area (Å²) in [6, 6.07) is 4.77. The summed E-state index contributed by atoms with van der Waals surface area (Å²) in [5.41, 5.74) is 0.447. The zero-order valence-corrected chi connectivity index (χ0v) is 19.0. The molecule has 2 atom stereocenters. The zero-order valence-electron chi connectivity index (χ0n) is 18.2. The van der Waals surface area contributed by atoms with Gasteiger partial charge in [0.1, 0.15) is 5.82 Å². The van der Waals surface area contributed by atoms with Crippen molar-refractivity contribution in [2.24, 2.45) is 7.05 Å². The van der Waals surface area contributed by atoms with Gasteiger partial charge in [0.15, 0.2) is 0 Å². The highest BCUT2D eigenvalue weighted by Crippen LogP contribution is 2.43. The second kappa shape index (κ2) is 7.68. The first-order chi connectivity index (χ1) is 15.3. The fraction of sp³-hybridized carbons (Fsp3) is 0.600. The predicted molar refractivity (Wildman–Crippen MR) is 119 cm³/mol. The summed E-state index contributed by atoms with van der Waals surface area (Å²) in [7, 11) is -1.38. The van der Waals surface area contributed by atoms with Crippen molar-refractivity contribution in [2.75, 3.05) is 42.7 Å². The summed E-state index contributed by atoms with van der Waals surface area (Å²) in [5, 5.41) is 16.8. The molecule has 3 saturated heterocycles. The lowest BCUT2D eigenvalue weighted by Gasteiger charge is -2.58. The minimum atomic E-state index is -3.23. The Bertz CT molecular complexity index is 1140. The summed E-state index contributed by atoms with van der Waals surface area (Å²) < 4.78 is 27.1. The molecule has 5 rings (SSSR count). The zero-order chi connectivity index (χ0) is 22.5. The van der Waals surface area contributed by atoms with Gasteiger partial charge in [0.2, 0.25) is 16.0 Å². The predicted octanol–water partition coefficient (Wildman–Crippen LogP) is 0.534. The minimum absolute atomic E-state index is 0.272. The van der Waals surface area contributed by atoms with Crippen molar-refractivity contribution < 1.29 is 8.42 Å². The number of anilines is 3. The van der Waals surface area contributed by atoms with Crippen LogP contribution in [-0.2, 0) is 17.1 Å². The average molecular weight is 458 g/mol. The number of aryl methyl sites for hydroxylation is 1. The van der Waals surface area contributed by atoms with E-state index < -0.39 is 10.0 Å². The molecule has 5 heterocycles. The van der Waals surface area contributed by atoms with Crippen LogP contribution in [0.15, 0.2) is 24.7 Å². The van der Waals surface area contributed by atoms with Crippen LogP contribution in [0, 0.1) is 11.3 Å². The molecule has 3 aliphatic heterocycles. The summed E-state index contributed by atoms with van der Waals surface area (Å²) in [5.74, 6) is 1.39. The second-order valence-electron chi connectivity index (χ2n) is 9.05. The number of nitrogens with one attached hydrogen (secondary N) is 1. The number of hydrogen-bond acceptors (Lipinski definition) is 9. The Balaban J connectivity index is 1.32. The normalized spacial score (nSPS) is 25.3. The monoisotopic (exact) mass is 457 g/mol. The van der Waals surface area contributed by atoms with E-state index in [1.807, 2.05) is 19.3 Å². The molecule has 2 aromatic heterocycles. The van der Waals surface area contributed by atoms with E-state index in [1.54, 1.807) is 17.1 Å². The van der Waals surface area contributed by atoms with Gasteiger partial charge >= 0.3 is 0 Å². The first kappa shape index (κ1) is 21.1. The van der Waals surface area contributed by atoms with E-state index in [9.17, 15) is 13.7 Å². The van der Waals surface area contributed by atoms with Crippen molar-refractivity contribution in [1.82, 2.24) is 29.0 Å². The standard InChI is InChI=1S/C20H27N9O2S/c1-26-10-15(9-23-26)24-19-22-8-5-18(25-19)27-11-16-3-4-17(12-27)29(16)20(6-7-21)13-28(14-20)32(2,30)31/h5,8-10,16-17H,3-4,6,11-14H2,1-2H3,(H,22,24,25)/t16-,17+. The van der Waals surface area contributed by atoms with Gasteiger partial charge in [0.25, 0.3) is 0 Å². The van der Waals surface area contributed by atoms with Gasteiger partial charge in [-0.05, 0) is 18.9 Å². The molecule has 0 amide bonds. The molecule has 12 heteroatoms. The van der Waals surface area contributed by atoms with Crippen LogP contribution in [0.25, 0.3) is 0 Å². The quantitative estimate of drug-likeness (QED) is 0.662. The molecular formula is C20H27N9O2S. The molecule has 2 bridgehead atoms. The first-order valence-corrected chi connectivity index (χ1v) is 12.6. The van der Waals surface area contributed by atoms with E-state index in [-0.39, 0.29) is 17.6 Å². The van der Waals surface area contributed by atoms with Crippen LogP contribution in [0.2, 0.25) is 0 Å². The third-order valence-corrected chi connectivity index (χ3v) is 7.97. The van der Waals surface area contributed by atoms with Crippen LogP contribution < -0.4 is 10.2 Å². The number of nitrogens with zero attached hydrogens (tertiary/aromatic N) is 8. The van der Waals surface area contributed by atoms with Crippen molar-refractivity contribution in [3.05, 3.63) is 24.7 Å². The smallest absolute Gasteiger partial charge is 0.229 e. The van der Waals surface area contributed by atoms with Crippen molar-refractivity contribution in [3.8, 4) is 6.07 Å². The highest BCUT2D eigenvalue weighted by Gasteiger charge is 2.57. The summed E-state index contributed by atoms with van der Waals surface area (Å²) in [4.78, 5) is 13.8. The van der Waals surface area contributed by atoms with Gasteiger partial charge in [-0.15, -0.1) is 0 Å². The summed E-state index contributed by atoms with van der Waals surface area (Å²) in [6.45, 7) is 2.40. The van der Waals surface area contributed by atoms with Crippen LogP contribution in [0.3, 0.4) is 0 Å². The van der Waals surface area contributed by atoms with Crippen molar-refractivity contribution in [1.29, 1.82) is 5.26 Å². The molecule has 0 radical (unpaired) electrons. The second-order valence-corrected chi connectivity index (χ2v) is 11.0. The van der Waals surface area contributed by atoms with Crippen LogP contribution >= 0.6 is 0 Å². The van der Waals surface area contributed by atoms with Gasteiger partial charge in [-0.25, -0.2) is 13.4 Å². The maximum absolute atomic E-state index is 12.0. The third-order valence-electron chi connectivity index (χ3n) is 6.77. The number of fused-ring (bicyclic) bond motifs is 2. The average Bonchev–Trinajstić information content (AvgIpc) is 3.23. The molecule has 0 aliphatic carbocycles. The molecular weight excluding hydrogens is 430 g/mol. The number of sulfonamides is 1. The Hall–Kier alpha value is -2.75. The van der Waals surface area contributed by atoms with Crippen LogP contribution in [0.1, 0.15) is 19.3 Å². The van der Waals surface area contributed by atoms with E-state index in [4.69, 9.17) is 4.98 Å². The maximum atomic E-state index is 12.0. The van der Waals surface area contributed by atoms with Gasteiger partial charge in [-0.3, -0.25) is 9.58 Å². The van der Waals surface area contributed by atoms with E-state index in [0.717, 1.165) is 37.4 Å². The van der Waals surface area contributed by atoms with Gasteiger partial charge in [0.05, 0.1) is 36.2 Å². The SMILES string of the molecule is Cn1cc(Nc2nccc(N3C[C@H]4CC[C@@H](C3)N4C3(CC#N)CN(S(C)(=O)=O)C3)n2)cn1. The highest BCUT2D eigenvalue weighted by molar-refractivity contribution is 7.88. The van der Waals surface area contributed by atoms with Crippen LogP contribution in [-0.4, -0.2) is 87.4 Å². The fourth-order valence-corrected chi connectivity index (χ4v) is 6.37. The summed E-state index contributed by atoms with van der Waals surface area (Å²) >= 11 is 0. The van der Waals surface area contributed by atoms with E-state index in [1.165, 1.54) is 10.6 Å². The lowest BCUT2D eigenvalue weighted by molar-refractivity contribution is -0.0479. The largest absolute Gasteiger partial charge is 0.353 e. The van der Waals surface area contributed by atoms with Gasteiger partial charge in [-0.2, -0.15) is 19.6 Å². The number of nitriles is 1. The topological polar surface area (TPSA) is 123 Å². The molecule has 0 aromatic carbocycles. The Morgan fingerprint density at radius 3 is 2.59 bits per heavy atom. The van der Waals surface area contributed by atoms with E-state index >= 15 is 0 Å². The van der Waals surface area contributed by atoms with Crippen molar-refractivity contribution >= 4 is 27.5 Å². The van der Waals surface area contributed by atoms with E-state index in [2.05, 4.69) is 31.3 Å². The number of rotatable bonds is 6. The lowest BCUT2D eigenvalue weighted by Crippen LogP contribution is -2.75. The van der Waals surface area contributed by atoms with Crippen LogP contribution in [0.4, 0.5) is 17.5 Å². The highest BCUT2D eigenvalue weighted by atomic mass is 32.2. The molecule has 32 heavy (non-hydrogen) atoms. The van der Waals surface area contributed by atoms with Gasteiger partial charge in [-0.1, -0.05) is 0 Å². The third kappa shape index (κ3) is 3.70. The Morgan fingerprint density at radius 2 is 2.00 bits per heavy atom. The van der Waals surface area contributed by atoms with Crippen molar-refractivity contribution in [3.63, 3.8) is 0 Å². The van der Waals surface area contributed by atoms with Gasteiger partial charge in [0, 0.05) is 57.7 Å². The Labute approximate surface area is 187 Å². The minimum Gasteiger partial charge on any atom is -0.353 e. The number of hydrogen-bond donors (Lipinski definition) is 1. The molecule has 0 saturated carbocycles. The summed E-state index contributed by atoms with van der Waals surface area (Å²) in [6.07, 6.45) is 9.01. The Morgan fingerprint density at radius 1 is 1.28 bits per heavy atom. The first-order valence-electron chi connectivity index (χ1n) is 10.7. The molecule has 2 aromatic rings. The Kier molecular flexibility index (Phi) is 5.07. The molecule has 1 N–H and O–H groups in total. The molecule has 0 spiro atoms. The van der Waals surface area contributed by atoms with Crippen LogP contribution in [0.5, 0.6) is 0 Å². The number of aromatic nitrogens is 4. The maximum Gasteiger partial charge on any atom is 0.229 e. The molecule has 170 valence electrons. The van der Waals surface area contributed by atoms with Crippen molar-refractivity contribution in [2.45, 2.75) is 36.9 Å². The molecule has 3 fully saturated rings. The molecule has 11 nitrogen and oxygen atoms in total. The number of piperazine rings is 1. The molecule has 0 unspecified atom stereocenters.